The molecule has 140 valence electrons. The van der Waals surface area contributed by atoms with Crippen LogP contribution >= 0.6 is 0 Å². The Hall–Kier alpha value is -3.55. The number of aromatic amines is 2. The van der Waals surface area contributed by atoms with E-state index < -0.39 is 0 Å². The third kappa shape index (κ3) is 2.92. The molecule has 1 fully saturated rings. The van der Waals surface area contributed by atoms with Gasteiger partial charge >= 0.3 is 0 Å². The van der Waals surface area contributed by atoms with Crippen molar-refractivity contribution in [3.8, 4) is 11.3 Å². The fraction of sp³-hybridized carbons (Fsp3) is 0.250. The van der Waals surface area contributed by atoms with Gasteiger partial charge in [-0.05, 0) is 38.8 Å². The van der Waals surface area contributed by atoms with E-state index in [2.05, 4.69) is 35.5 Å². The van der Waals surface area contributed by atoms with Gasteiger partial charge in [0.15, 0.2) is 0 Å². The fourth-order valence-corrected chi connectivity index (χ4v) is 3.17. The fourth-order valence-electron chi connectivity index (χ4n) is 3.17. The maximum absolute atomic E-state index is 12.5. The maximum atomic E-state index is 12.5. The minimum absolute atomic E-state index is 0.237. The summed E-state index contributed by atoms with van der Waals surface area (Å²) in [6.07, 6.45) is 7.68. The third-order valence-electron chi connectivity index (χ3n) is 5.13. The lowest BCUT2D eigenvalue weighted by Gasteiger charge is -2.04. The molecule has 1 aliphatic rings. The number of pyridine rings is 1. The number of rotatable bonds is 4. The van der Waals surface area contributed by atoms with Gasteiger partial charge in [0, 0.05) is 34.8 Å². The quantitative estimate of drug-likeness (QED) is 0.507. The predicted octanol–water partition coefficient (Wildman–Crippen LogP) is 3.49. The van der Waals surface area contributed by atoms with Crippen LogP contribution in [0.5, 0.6) is 0 Å². The van der Waals surface area contributed by atoms with Gasteiger partial charge in [-0.25, -0.2) is 15.0 Å². The van der Waals surface area contributed by atoms with Crippen molar-refractivity contribution in [2.24, 2.45) is 0 Å². The molecule has 0 aliphatic heterocycles. The van der Waals surface area contributed by atoms with E-state index in [1.165, 1.54) is 12.8 Å². The van der Waals surface area contributed by atoms with Crippen molar-refractivity contribution < 1.29 is 4.79 Å². The first-order chi connectivity index (χ1) is 13.6. The van der Waals surface area contributed by atoms with E-state index in [4.69, 9.17) is 0 Å². The van der Waals surface area contributed by atoms with Crippen LogP contribution in [0.2, 0.25) is 0 Å². The molecule has 0 unspecified atom stereocenters. The molecule has 1 amide bonds. The van der Waals surface area contributed by atoms with Crippen molar-refractivity contribution >= 4 is 22.6 Å². The maximum Gasteiger partial charge on any atom is 0.273 e. The van der Waals surface area contributed by atoms with Crippen molar-refractivity contribution in [1.82, 2.24) is 30.1 Å². The van der Waals surface area contributed by atoms with E-state index in [1.807, 2.05) is 38.4 Å². The first-order valence-corrected chi connectivity index (χ1v) is 9.22. The normalized spacial score (nSPS) is 13.8. The molecule has 0 atom stereocenters. The molecule has 5 rings (SSSR count). The van der Waals surface area contributed by atoms with E-state index in [9.17, 15) is 4.79 Å². The third-order valence-corrected chi connectivity index (χ3v) is 5.13. The summed E-state index contributed by atoms with van der Waals surface area (Å²) in [6, 6.07) is 3.87. The topological polar surface area (TPSA) is 112 Å². The highest BCUT2D eigenvalue weighted by Gasteiger charge is 2.26. The van der Waals surface area contributed by atoms with Gasteiger partial charge in [-0.3, -0.25) is 9.89 Å². The van der Waals surface area contributed by atoms with Gasteiger partial charge in [0.25, 0.3) is 5.91 Å². The van der Waals surface area contributed by atoms with E-state index >= 15 is 0 Å². The van der Waals surface area contributed by atoms with Gasteiger partial charge in [-0.2, -0.15) is 5.10 Å². The molecule has 4 aromatic rings. The number of nitrogens with one attached hydrogen (secondary N) is 3. The molecule has 1 saturated carbocycles. The number of nitrogens with zero attached hydrogens (tertiary/aromatic N) is 4. The van der Waals surface area contributed by atoms with E-state index in [0.29, 0.717) is 17.3 Å². The number of H-pyrrole nitrogens is 2. The van der Waals surface area contributed by atoms with Gasteiger partial charge in [0.1, 0.15) is 17.2 Å². The Balaban J connectivity index is 1.40. The van der Waals surface area contributed by atoms with Crippen LogP contribution in [0.4, 0.5) is 5.69 Å². The zero-order valence-electron chi connectivity index (χ0n) is 15.6. The molecule has 0 spiro atoms. The highest BCUT2D eigenvalue weighted by molar-refractivity contribution is 6.04. The minimum Gasteiger partial charge on any atom is -0.339 e. The molecule has 0 bridgehead atoms. The molecule has 3 N–H and O–H groups in total. The Morgan fingerprint density at radius 1 is 1.11 bits per heavy atom. The summed E-state index contributed by atoms with van der Waals surface area (Å²) in [5.74, 6) is 1.22. The molecule has 28 heavy (non-hydrogen) atoms. The molecule has 1 aliphatic carbocycles. The number of carbonyl (C=O) groups excluding carboxylic acids is 1. The van der Waals surface area contributed by atoms with Crippen LogP contribution in [0.3, 0.4) is 0 Å². The molecule has 4 aromatic heterocycles. The summed E-state index contributed by atoms with van der Waals surface area (Å²) in [6.45, 7) is 3.72. The number of amides is 1. The molecule has 0 aromatic carbocycles. The monoisotopic (exact) mass is 373 g/mol. The second-order valence-corrected chi connectivity index (χ2v) is 7.21. The molecule has 0 radical (unpaired) electrons. The van der Waals surface area contributed by atoms with Gasteiger partial charge < -0.3 is 10.3 Å². The van der Waals surface area contributed by atoms with Crippen molar-refractivity contribution in [3.63, 3.8) is 0 Å². The van der Waals surface area contributed by atoms with Crippen LogP contribution in [0.25, 0.3) is 22.3 Å². The Kier molecular flexibility index (Phi) is 3.71. The molecular formula is C20H19N7O. The average Bonchev–Trinajstić information content (AvgIpc) is 3.38. The van der Waals surface area contributed by atoms with Crippen molar-refractivity contribution in [2.75, 3.05) is 5.32 Å². The number of hydrogen-bond donors (Lipinski definition) is 3. The number of aryl methyl sites for hydroxylation is 1. The van der Waals surface area contributed by atoms with Crippen molar-refractivity contribution in [1.29, 1.82) is 0 Å². The largest absolute Gasteiger partial charge is 0.339 e. The van der Waals surface area contributed by atoms with Crippen LogP contribution in [-0.4, -0.2) is 36.0 Å². The van der Waals surface area contributed by atoms with Gasteiger partial charge in [0.2, 0.25) is 0 Å². The standard InChI is InChI=1S/C20H19N7O/c1-10-11(2)26-27-17(10)20(28)24-15-5-13-6-16(25-19(13)23-9-15)14-7-21-18(22-8-14)12-3-4-12/h5-9,12H,3-4H2,1-2H3,(H,23,25)(H,24,28)(H,26,27). The lowest BCUT2D eigenvalue weighted by Crippen LogP contribution is -2.13. The summed E-state index contributed by atoms with van der Waals surface area (Å²) in [4.78, 5) is 29.1. The Morgan fingerprint density at radius 3 is 2.57 bits per heavy atom. The SMILES string of the molecule is Cc1n[nH]c(C(=O)Nc2cnc3[nH]c(-c4cnc(C5CC5)nc4)cc3c2)c1C. The number of aromatic nitrogens is 6. The van der Waals surface area contributed by atoms with Crippen LogP contribution < -0.4 is 5.32 Å². The molecule has 4 heterocycles. The Bertz CT molecular complexity index is 1190. The summed E-state index contributed by atoms with van der Waals surface area (Å²) in [7, 11) is 0. The van der Waals surface area contributed by atoms with E-state index in [0.717, 1.165) is 39.4 Å². The zero-order valence-corrected chi connectivity index (χ0v) is 15.6. The first kappa shape index (κ1) is 16.6. The van der Waals surface area contributed by atoms with Crippen LogP contribution in [-0.2, 0) is 0 Å². The smallest absolute Gasteiger partial charge is 0.273 e. The molecule has 8 nitrogen and oxygen atoms in total. The lowest BCUT2D eigenvalue weighted by molar-refractivity contribution is 0.102. The zero-order chi connectivity index (χ0) is 19.3. The summed E-state index contributed by atoms with van der Waals surface area (Å²) < 4.78 is 0. The van der Waals surface area contributed by atoms with Gasteiger partial charge in [-0.1, -0.05) is 0 Å². The van der Waals surface area contributed by atoms with E-state index in [-0.39, 0.29) is 5.91 Å². The summed E-state index contributed by atoms with van der Waals surface area (Å²) in [5.41, 5.74) is 5.28. The number of carbonyl (C=O) groups is 1. The number of hydrogen-bond acceptors (Lipinski definition) is 5. The lowest BCUT2D eigenvalue weighted by atomic mass is 10.2. The molecule has 8 heteroatoms. The highest BCUT2D eigenvalue weighted by atomic mass is 16.1. The summed E-state index contributed by atoms with van der Waals surface area (Å²) in [5, 5.41) is 10.6. The molecule has 0 saturated heterocycles. The average molecular weight is 373 g/mol. The van der Waals surface area contributed by atoms with Crippen LogP contribution in [0.15, 0.2) is 30.7 Å². The first-order valence-electron chi connectivity index (χ1n) is 9.22. The second-order valence-electron chi connectivity index (χ2n) is 7.21. The van der Waals surface area contributed by atoms with Crippen LogP contribution in [0, 0.1) is 13.8 Å². The minimum atomic E-state index is -0.237. The number of anilines is 1. The van der Waals surface area contributed by atoms with Crippen molar-refractivity contribution in [2.45, 2.75) is 32.6 Å². The van der Waals surface area contributed by atoms with Gasteiger partial charge in [0.05, 0.1) is 23.3 Å². The highest BCUT2D eigenvalue weighted by Crippen LogP contribution is 2.38. The second kappa shape index (κ2) is 6.26. The molecular weight excluding hydrogens is 354 g/mol. The van der Waals surface area contributed by atoms with Crippen molar-refractivity contribution in [3.05, 3.63) is 53.5 Å². The number of fused-ring (bicyclic) bond motifs is 1. The van der Waals surface area contributed by atoms with E-state index in [1.54, 1.807) is 6.20 Å². The van der Waals surface area contributed by atoms with Crippen LogP contribution in [0.1, 0.15) is 46.3 Å². The Morgan fingerprint density at radius 2 is 1.89 bits per heavy atom. The predicted molar refractivity (Wildman–Crippen MR) is 105 cm³/mol. The summed E-state index contributed by atoms with van der Waals surface area (Å²) >= 11 is 0. The Labute approximate surface area is 160 Å². The van der Waals surface area contributed by atoms with Gasteiger partial charge in [-0.15, -0.1) is 0 Å².